The highest BCUT2D eigenvalue weighted by molar-refractivity contribution is 5.88. The van der Waals surface area contributed by atoms with Crippen LogP contribution in [-0.2, 0) is 4.79 Å². The number of benzene rings is 2. The van der Waals surface area contributed by atoms with Crippen LogP contribution in [0, 0.1) is 0 Å². The highest BCUT2D eigenvalue weighted by atomic mass is 16.5. The average Bonchev–Trinajstić information content (AvgIpc) is 2.52. The van der Waals surface area contributed by atoms with Crippen molar-refractivity contribution in [1.29, 1.82) is 0 Å². The molecule has 0 bridgehead atoms. The minimum Gasteiger partial charge on any atom is -0.497 e. The average molecular weight is 284 g/mol. The Morgan fingerprint density at radius 1 is 1.05 bits per heavy atom. The second-order valence-electron chi connectivity index (χ2n) is 4.33. The zero-order valence-corrected chi connectivity index (χ0v) is 11.9. The molecule has 0 spiro atoms. The molecule has 4 heteroatoms. The second-order valence-corrected chi connectivity index (χ2v) is 4.33. The fourth-order valence-corrected chi connectivity index (χ4v) is 2.07. The first kappa shape index (κ1) is 14.7. The molecule has 0 aromatic heterocycles. The van der Waals surface area contributed by atoms with Crippen LogP contribution in [-0.4, -0.2) is 25.3 Å². The molecule has 1 N–H and O–H groups in total. The van der Waals surface area contributed by atoms with E-state index in [9.17, 15) is 4.79 Å². The van der Waals surface area contributed by atoms with E-state index in [1.165, 1.54) is 0 Å². The fraction of sp³-hybridized carbons (Fsp3) is 0.118. The topological polar surface area (TPSA) is 55.8 Å². The molecule has 0 radical (unpaired) electrons. The molecule has 0 aliphatic carbocycles. The lowest BCUT2D eigenvalue weighted by molar-refractivity contribution is -0.131. The third kappa shape index (κ3) is 3.42. The Kier molecular flexibility index (Phi) is 4.61. The van der Waals surface area contributed by atoms with Crippen molar-refractivity contribution in [2.75, 3.05) is 14.2 Å². The number of ether oxygens (including phenoxy) is 2. The lowest BCUT2D eigenvalue weighted by Gasteiger charge is -2.12. The molecular weight excluding hydrogens is 268 g/mol. The molecule has 0 saturated heterocycles. The monoisotopic (exact) mass is 284 g/mol. The van der Waals surface area contributed by atoms with Gasteiger partial charge in [0.25, 0.3) is 0 Å². The number of rotatable bonds is 5. The summed E-state index contributed by atoms with van der Waals surface area (Å²) in [6.07, 6.45) is 2.69. The summed E-state index contributed by atoms with van der Waals surface area (Å²) in [4.78, 5) is 10.7. The van der Waals surface area contributed by atoms with E-state index in [1.54, 1.807) is 26.4 Å². The van der Waals surface area contributed by atoms with Gasteiger partial charge in [-0.2, -0.15) is 0 Å². The van der Waals surface area contributed by atoms with Crippen molar-refractivity contribution >= 4 is 12.0 Å². The van der Waals surface area contributed by atoms with E-state index in [-0.39, 0.29) is 0 Å². The van der Waals surface area contributed by atoms with Gasteiger partial charge in [-0.1, -0.05) is 24.3 Å². The maximum Gasteiger partial charge on any atom is 0.328 e. The lowest BCUT2D eigenvalue weighted by atomic mass is 9.98. The third-order valence-corrected chi connectivity index (χ3v) is 3.07. The van der Waals surface area contributed by atoms with Crippen molar-refractivity contribution in [3.05, 3.63) is 54.1 Å². The predicted molar refractivity (Wildman–Crippen MR) is 81.7 cm³/mol. The molecule has 21 heavy (non-hydrogen) atoms. The molecule has 0 aliphatic rings. The van der Waals surface area contributed by atoms with Gasteiger partial charge in [0, 0.05) is 17.7 Å². The van der Waals surface area contributed by atoms with Crippen LogP contribution in [0.15, 0.2) is 48.5 Å². The van der Waals surface area contributed by atoms with Crippen LogP contribution in [0.25, 0.3) is 17.2 Å². The summed E-state index contributed by atoms with van der Waals surface area (Å²) in [5.41, 5.74) is 2.59. The number of aliphatic carboxylic acids is 1. The SMILES string of the molecule is COc1ccc(-c2ccccc2/C=C/C(=O)O)c(OC)c1. The zero-order chi connectivity index (χ0) is 15.2. The van der Waals surface area contributed by atoms with E-state index < -0.39 is 5.97 Å². The van der Waals surface area contributed by atoms with Gasteiger partial charge in [0.15, 0.2) is 0 Å². The lowest BCUT2D eigenvalue weighted by Crippen LogP contribution is -1.92. The van der Waals surface area contributed by atoms with Gasteiger partial charge >= 0.3 is 5.97 Å². The van der Waals surface area contributed by atoms with Gasteiger partial charge in [0.05, 0.1) is 14.2 Å². The molecule has 4 nitrogen and oxygen atoms in total. The fourth-order valence-electron chi connectivity index (χ4n) is 2.07. The number of carboxylic acid groups (broad SMARTS) is 1. The molecule has 2 aromatic rings. The molecule has 0 heterocycles. The first-order valence-corrected chi connectivity index (χ1v) is 6.38. The summed E-state index contributed by atoms with van der Waals surface area (Å²) >= 11 is 0. The Bertz CT molecular complexity index is 674. The molecule has 0 fully saturated rings. The summed E-state index contributed by atoms with van der Waals surface area (Å²) in [5, 5.41) is 8.78. The van der Waals surface area contributed by atoms with Crippen LogP contribution in [0.5, 0.6) is 11.5 Å². The van der Waals surface area contributed by atoms with Crippen LogP contribution in [0.3, 0.4) is 0 Å². The van der Waals surface area contributed by atoms with Crippen LogP contribution in [0.1, 0.15) is 5.56 Å². The first-order valence-electron chi connectivity index (χ1n) is 6.38. The number of hydrogen-bond acceptors (Lipinski definition) is 3. The Hall–Kier alpha value is -2.75. The van der Waals surface area contributed by atoms with Crippen molar-refractivity contribution < 1.29 is 19.4 Å². The highest BCUT2D eigenvalue weighted by Gasteiger charge is 2.10. The summed E-state index contributed by atoms with van der Waals surface area (Å²) in [6.45, 7) is 0. The van der Waals surface area contributed by atoms with Crippen molar-refractivity contribution in [2.45, 2.75) is 0 Å². The van der Waals surface area contributed by atoms with Gasteiger partial charge in [0.1, 0.15) is 11.5 Å². The number of carboxylic acids is 1. The minimum atomic E-state index is -0.980. The Labute approximate surface area is 123 Å². The van der Waals surface area contributed by atoms with Gasteiger partial charge in [-0.25, -0.2) is 4.79 Å². The van der Waals surface area contributed by atoms with E-state index in [0.717, 1.165) is 22.8 Å². The summed E-state index contributed by atoms with van der Waals surface area (Å²) in [5.74, 6) is 0.395. The molecule has 0 saturated carbocycles. The largest absolute Gasteiger partial charge is 0.497 e. The van der Waals surface area contributed by atoms with E-state index in [0.29, 0.717) is 11.5 Å². The number of methoxy groups -OCH3 is 2. The number of carbonyl (C=O) groups is 1. The molecular formula is C17H16O4. The van der Waals surface area contributed by atoms with E-state index in [4.69, 9.17) is 14.6 Å². The normalized spacial score (nSPS) is 10.6. The summed E-state index contributed by atoms with van der Waals surface area (Å²) in [7, 11) is 3.19. The molecule has 0 aliphatic heterocycles. The standard InChI is InChI=1S/C17H16O4/c1-20-13-8-9-15(16(11-13)21-2)14-6-4-3-5-12(14)7-10-17(18)19/h3-11H,1-2H3,(H,18,19)/b10-7+. The van der Waals surface area contributed by atoms with Gasteiger partial charge in [0.2, 0.25) is 0 Å². The van der Waals surface area contributed by atoms with Gasteiger partial charge in [-0.15, -0.1) is 0 Å². The Morgan fingerprint density at radius 3 is 2.48 bits per heavy atom. The third-order valence-electron chi connectivity index (χ3n) is 3.07. The summed E-state index contributed by atoms with van der Waals surface area (Å²) < 4.78 is 10.6. The first-order chi connectivity index (χ1) is 10.2. The molecule has 0 amide bonds. The quantitative estimate of drug-likeness (QED) is 0.854. The van der Waals surface area contributed by atoms with Gasteiger partial charge in [-0.05, 0) is 29.3 Å². The number of hydrogen-bond donors (Lipinski definition) is 1. The molecule has 108 valence electrons. The van der Waals surface area contributed by atoms with E-state index in [1.807, 2.05) is 36.4 Å². The van der Waals surface area contributed by atoms with Crippen molar-refractivity contribution in [3.8, 4) is 22.6 Å². The Balaban J connectivity index is 2.54. The summed E-state index contributed by atoms with van der Waals surface area (Å²) in [6, 6.07) is 13.1. The van der Waals surface area contributed by atoms with Gasteiger partial charge in [-0.3, -0.25) is 0 Å². The maximum absolute atomic E-state index is 10.7. The van der Waals surface area contributed by atoms with Crippen LogP contribution >= 0.6 is 0 Å². The molecule has 2 aromatic carbocycles. The smallest absolute Gasteiger partial charge is 0.328 e. The van der Waals surface area contributed by atoms with Crippen molar-refractivity contribution in [2.24, 2.45) is 0 Å². The van der Waals surface area contributed by atoms with E-state index >= 15 is 0 Å². The second kappa shape index (κ2) is 6.61. The molecule has 0 atom stereocenters. The minimum absolute atomic E-state index is 0.672. The van der Waals surface area contributed by atoms with Crippen LogP contribution in [0.4, 0.5) is 0 Å². The molecule has 0 unspecified atom stereocenters. The highest BCUT2D eigenvalue weighted by Crippen LogP contribution is 2.35. The van der Waals surface area contributed by atoms with Crippen LogP contribution < -0.4 is 9.47 Å². The Morgan fingerprint density at radius 2 is 1.81 bits per heavy atom. The van der Waals surface area contributed by atoms with Crippen molar-refractivity contribution in [3.63, 3.8) is 0 Å². The van der Waals surface area contributed by atoms with Crippen LogP contribution in [0.2, 0.25) is 0 Å². The maximum atomic E-state index is 10.7. The van der Waals surface area contributed by atoms with Crippen molar-refractivity contribution in [1.82, 2.24) is 0 Å². The predicted octanol–water partition coefficient (Wildman–Crippen LogP) is 3.47. The van der Waals surface area contributed by atoms with E-state index in [2.05, 4.69) is 0 Å². The zero-order valence-electron chi connectivity index (χ0n) is 11.9. The van der Waals surface area contributed by atoms with Gasteiger partial charge < -0.3 is 14.6 Å². The molecule has 2 rings (SSSR count).